The first-order valence-corrected chi connectivity index (χ1v) is 17.7. The van der Waals surface area contributed by atoms with Crippen LogP contribution in [0.2, 0.25) is 0 Å². The van der Waals surface area contributed by atoms with E-state index in [1.54, 1.807) is 0 Å². The maximum atomic E-state index is 4.14. The summed E-state index contributed by atoms with van der Waals surface area (Å²) in [5.41, 5.74) is 13.4. The Balaban J connectivity index is 1.26. The van der Waals surface area contributed by atoms with Gasteiger partial charge >= 0.3 is 0 Å². The molecular formula is C50H42N2. The molecular weight excluding hydrogens is 629 g/mol. The highest BCUT2D eigenvalue weighted by Gasteiger charge is 2.18. The van der Waals surface area contributed by atoms with Crippen LogP contribution in [0.5, 0.6) is 0 Å². The Bertz CT molecular complexity index is 2390. The first-order chi connectivity index (χ1) is 25.6. The topological polar surface area (TPSA) is 6.48 Å². The van der Waals surface area contributed by atoms with E-state index in [2.05, 4.69) is 212 Å². The monoisotopic (exact) mass is 670 g/mol. The third-order valence-corrected chi connectivity index (χ3v) is 9.50. The van der Waals surface area contributed by atoms with Crippen LogP contribution in [0, 0.1) is 0 Å². The lowest BCUT2D eigenvalue weighted by Crippen LogP contribution is -2.16. The van der Waals surface area contributed by atoms with Crippen molar-refractivity contribution in [1.82, 2.24) is 0 Å². The van der Waals surface area contributed by atoms with Gasteiger partial charge in [-0.1, -0.05) is 153 Å². The van der Waals surface area contributed by atoms with Gasteiger partial charge in [-0.05, 0) is 102 Å². The fourth-order valence-electron chi connectivity index (χ4n) is 7.04. The lowest BCUT2D eigenvalue weighted by Gasteiger charge is -2.29. The molecule has 0 aliphatic heterocycles. The summed E-state index contributed by atoms with van der Waals surface area (Å²) in [5, 5.41) is 2.43. The fourth-order valence-corrected chi connectivity index (χ4v) is 7.04. The zero-order valence-corrected chi connectivity index (χ0v) is 29.8. The van der Waals surface area contributed by atoms with Crippen LogP contribution in [0.25, 0.3) is 45.2 Å². The molecule has 0 unspecified atom stereocenters. The number of para-hydroxylation sites is 1. The third kappa shape index (κ3) is 6.63. The molecule has 0 aromatic heterocycles. The maximum absolute atomic E-state index is 4.14. The van der Waals surface area contributed by atoms with Crippen LogP contribution < -0.4 is 9.80 Å². The van der Waals surface area contributed by atoms with Gasteiger partial charge in [0.1, 0.15) is 0 Å². The Morgan fingerprint density at radius 3 is 1.69 bits per heavy atom. The molecule has 0 saturated carbocycles. The number of nitrogens with zero attached hydrogens (tertiary/aromatic N) is 2. The molecule has 2 heteroatoms. The molecule has 52 heavy (non-hydrogen) atoms. The number of hydrogen-bond donors (Lipinski definition) is 0. The quantitative estimate of drug-likeness (QED) is 0.126. The van der Waals surface area contributed by atoms with Crippen molar-refractivity contribution in [2.75, 3.05) is 9.80 Å². The lowest BCUT2D eigenvalue weighted by atomic mass is 9.94. The molecule has 0 amide bonds. The van der Waals surface area contributed by atoms with Crippen molar-refractivity contribution in [2.24, 2.45) is 0 Å². The third-order valence-electron chi connectivity index (χ3n) is 9.50. The second-order valence-electron chi connectivity index (χ2n) is 12.5. The van der Waals surface area contributed by atoms with E-state index in [4.69, 9.17) is 0 Å². The predicted octanol–water partition coefficient (Wildman–Crippen LogP) is 14.5. The van der Waals surface area contributed by atoms with E-state index in [1.165, 1.54) is 21.9 Å². The first kappa shape index (κ1) is 33.8. The smallest absolute Gasteiger partial charge is 0.0540 e. The molecule has 0 spiro atoms. The Hall–Kier alpha value is -6.64. The van der Waals surface area contributed by atoms with E-state index in [-0.39, 0.29) is 0 Å². The summed E-state index contributed by atoms with van der Waals surface area (Å²) in [4.78, 5) is 4.63. The van der Waals surface area contributed by atoms with Gasteiger partial charge in [-0.3, -0.25) is 0 Å². The van der Waals surface area contributed by atoms with Crippen molar-refractivity contribution in [3.05, 3.63) is 212 Å². The van der Waals surface area contributed by atoms with Crippen LogP contribution in [0.15, 0.2) is 201 Å². The summed E-state index contributed by atoms with van der Waals surface area (Å²) >= 11 is 0. The van der Waals surface area contributed by atoms with Gasteiger partial charge in [-0.25, -0.2) is 0 Å². The van der Waals surface area contributed by atoms with Crippen LogP contribution in [0.1, 0.15) is 25.0 Å². The van der Waals surface area contributed by atoms with E-state index >= 15 is 0 Å². The molecule has 7 aromatic carbocycles. The van der Waals surface area contributed by atoms with E-state index in [0.29, 0.717) is 0 Å². The van der Waals surface area contributed by atoms with Gasteiger partial charge in [0.25, 0.3) is 0 Å². The van der Waals surface area contributed by atoms with E-state index in [0.717, 1.165) is 56.4 Å². The molecule has 0 radical (unpaired) electrons. The molecule has 2 nitrogen and oxygen atoms in total. The molecule has 252 valence electrons. The Labute approximate surface area is 308 Å². The zero-order chi connectivity index (χ0) is 35.9. The van der Waals surface area contributed by atoms with Crippen molar-refractivity contribution < 1.29 is 0 Å². The molecule has 0 aliphatic carbocycles. The minimum Gasteiger partial charge on any atom is -0.310 e. The van der Waals surface area contributed by atoms with Crippen LogP contribution >= 0.6 is 0 Å². The summed E-state index contributed by atoms with van der Waals surface area (Å²) in [7, 11) is 0. The molecule has 0 saturated heterocycles. The van der Waals surface area contributed by atoms with Gasteiger partial charge in [0, 0.05) is 33.7 Å². The lowest BCUT2D eigenvalue weighted by molar-refractivity contribution is 1.19. The number of benzene rings is 7. The molecule has 7 rings (SSSR count). The Kier molecular flexibility index (Phi) is 10.1. The SMILES string of the molecule is C=Cc1cccc(N(C(/C=C\C)=C/C)c2ccc(-c3ccccc3-c3ccc(N(c4ccccc4)c4cccc5ccccc45)cc3)cc2)c1C=C. The van der Waals surface area contributed by atoms with Crippen molar-refractivity contribution in [1.29, 1.82) is 0 Å². The van der Waals surface area contributed by atoms with E-state index < -0.39 is 0 Å². The number of allylic oxidation sites excluding steroid dienone is 3. The summed E-state index contributed by atoms with van der Waals surface area (Å²) in [5.74, 6) is 0. The second kappa shape index (κ2) is 15.5. The van der Waals surface area contributed by atoms with Gasteiger partial charge < -0.3 is 9.80 Å². The van der Waals surface area contributed by atoms with Gasteiger partial charge in [0.15, 0.2) is 0 Å². The van der Waals surface area contributed by atoms with Gasteiger partial charge in [0.05, 0.1) is 11.4 Å². The highest BCUT2D eigenvalue weighted by molar-refractivity contribution is 5.99. The summed E-state index contributed by atoms with van der Waals surface area (Å²) < 4.78 is 0. The van der Waals surface area contributed by atoms with Gasteiger partial charge in [0.2, 0.25) is 0 Å². The molecule has 0 bridgehead atoms. The maximum Gasteiger partial charge on any atom is 0.0540 e. The minimum atomic E-state index is 1.05. The molecule has 0 heterocycles. The van der Waals surface area contributed by atoms with Crippen molar-refractivity contribution in [2.45, 2.75) is 13.8 Å². The van der Waals surface area contributed by atoms with Gasteiger partial charge in [-0.2, -0.15) is 0 Å². The van der Waals surface area contributed by atoms with Crippen LogP contribution in [-0.2, 0) is 0 Å². The number of anilines is 5. The summed E-state index contributed by atoms with van der Waals surface area (Å²) in [6.07, 6.45) is 10.2. The van der Waals surface area contributed by atoms with Crippen molar-refractivity contribution in [3.8, 4) is 22.3 Å². The zero-order valence-electron chi connectivity index (χ0n) is 29.8. The predicted molar refractivity (Wildman–Crippen MR) is 227 cm³/mol. The van der Waals surface area contributed by atoms with Crippen LogP contribution in [0.3, 0.4) is 0 Å². The summed E-state index contributed by atoms with van der Waals surface area (Å²) in [6.45, 7) is 12.3. The average molecular weight is 671 g/mol. The highest BCUT2D eigenvalue weighted by atomic mass is 15.2. The Morgan fingerprint density at radius 1 is 0.500 bits per heavy atom. The molecule has 0 atom stereocenters. The standard InChI is InChI=1S/C50H42N2/c1-5-18-41(7-3)51(49-27-16-20-37(6-2)45(49)8-4)43-33-29-39(30-34-43)46-24-14-15-25-47(46)40-31-35-44(36-32-40)52(42-22-10-9-11-23-42)50-28-17-21-38-19-12-13-26-48(38)50/h5-36H,2,4H2,1,3H3/b18-5-,41-7+. The number of fused-ring (bicyclic) bond motifs is 1. The molecule has 0 fully saturated rings. The van der Waals surface area contributed by atoms with Crippen LogP contribution in [0.4, 0.5) is 28.4 Å². The largest absolute Gasteiger partial charge is 0.310 e. The normalized spacial score (nSPS) is 11.5. The minimum absolute atomic E-state index is 1.05. The number of rotatable bonds is 11. The number of hydrogen-bond acceptors (Lipinski definition) is 2. The van der Waals surface area contributed by atoms with Crippen molar-refractivity contribution in [3.63, 3.8) is 0 Å². The first-order valence-electron chi connectivity index (χ1n) is 17.7. The molecule has 7 aromatic rings. The van der Waals surface area contributed by atoms with Crippen LogP contribution in [-0.4, -0.2) is 0 Å². The Morgan fingerprint density at radius 2 is 1.06 bits per heavy atom. The highest BCUT2D eigenvalue weighted by Crippen LogP contribution is 2.41. The van der Waals surface area contributed by atoms with Gasteiger partial charge in [-0.15, -0.1) is 0 Å². The van der Waals surface area contributed by atoms with E-state index in [1.807, 2.05) is 19.1 Å². The average Bonchev–Trinajstić information content (AvgIpc) is 3.21. The van der Waals surface area contributed by atoms with Crippen molar-refractivity contribution >= 4 is 51.4 Å². The molecule has 0 aliphatic rings. The van der Waals surface area contributed by atoms with E-state index in [9.17, 15) is 0 Å². The molecule has 0 N–H and O–H groups in total. The second-order valence-corrected chi connectivity index (χ2v) is 12.5. The summed E-state index contributed by atoms with van der Waals surface area (Å²) in [6, 6.07) is 58.4. The fraction of sp³-hybridized carbons (Fsp3) is 0.0400.